The number of carbonyl (C=O) groups is 1. The maximum Gasteiger partial charge on any atom is 0.573 e. The van der Waals surface area contributed by atoms with Gasteiger partial charge in [0.1, 0.15) is 11.5 Å². The number of halogens is 3. The van der Waals surface area contributed by atoms with E-state index in [4.69, 9.17) is 4.74 Å². The summed E-state index contributed by atoms with van der Waals surface area (Å²) < 4.78 is 47.6. The molecule has 186 valence electrons. The van der Waals surface area contributed by atoms with E-state index in [2.05, 4.69) is 34.9 Å². The topological polar surface area (TPSA) is 50.8 Å². The molecule has 8 heteroatoms. The number of alkyl halides is 3. The van der Waals surface area contributed by atoms with Crippen LogP contribution in [0.25, 0.3) is 0 Å². The number of hydrogen-bond acceptors (Lipinski definition) is 4. The molecule has 0 aromatic heterocycles. The minimum absolute atomic E-state index is 0.0418. The molecule has 2 heterocycles. The van der Waals surface area contributed by atoms with Gasteiger partial charge in [0.15, 0.2) is 0 Å². The van der Waals surface area contributed by atoms with Gasteiger partial charge in [-0.05, 0) is 86.8 Å². The fourth-order valence-electron chi connectivity index (χ4n) is 5.64. The minimum atomic E-state index is -4.76. The fraction of sp³-hybridized carbons (Fsp3) is 0.577. The van der Waals surface area contributed by atoms with Crippen molar-refractivity contribution in [3.63, 3.8) is 0 Å². The lowest BCUT2D eigenvalue weighted by Gasteiger charge is -2.39. The molecule has 34 heavy (non-hydrogen) atoms. The van der Waals surface area contributed by atoms with Gasteiger partial charge in [0, 0.05) is 24.7 Å². The summed E-state index contributed by atoms with van der Waals surface area (Å²) in [6.07, 6.45) is 3.24. The Morgan fingerprint density at radius 2 is 1.76 bits per heavy atom. The van der Waals surface area contributed by atoms with Crippen LogP contribution in [-0.4, -0.2) is 42.4 Å². The zero-order chi connectivity index (χ0) is 24.5. The molecular formula is C26H33F3N2O3. The largest absolute Gasteiger partial charge is 0.573 e. The molecule has 4 rings (SSSR count). The van der Waals surface area contributed by atoms with Crippen LogP contribution in [0, 0.1) is 13.8 Å². The van der Waals surface area contributed by atoms with Crippen LogP contribution < -0.4 is 10.1 Å². The second-order valence-corrected chi connectivity index (χ2v) is 9.57. The highest BCUT2D eigenvalue weighted by Gasteiger charge is 2.41. The third kappa shape index (κ3) is 5.59. The Balaban J connectivity index is 1.34. The van der Waals surface area contributed by atoms with Crippen molar-refractivity contribution in [2.75, 3.05) is 7.11 Å². The molecule has 3 aliphatic rings. The summed E-state index contributed by atoms with van der Waals surface area (Å²) in [5.41, 5.74) is 4.02. The van der Waals surface area contributed by atoms with Crippen molar-refractivity contribution in [1.82, 2.24) is 10.2 Å². The Labute approximate surface area is 199 Å². The van der Waals surface area contributed by atoms with E-state index in [1.165, 1.54) is 17.2 Å². The van der Waals surface area contributed by atoms with Crippen molar-refractivity contribution < 1.29 is 27.4 Å². The first kappa shape index (κ1) is 24.6. The number of methoxy groups -OCH3 is 1. The smallest absolute Gasteiger partial charge is 0.496 e. The molecule has 0 radical (unpaired) electrons. The predicted octanol–water partition coefficient (Wildman–Crippen LogP) is 5.45. The summed E-state index contributed by atoms with van der Waals surface area (Å²) >= 11 is 0. The van der Waals surface area contributed by atoms with Gasteiger partial charge in [-0.15, -0.1) is 13.2 Å². The molecule has 2 atom stereocenters. The van der Waals surface area contributed by atoms with Crippen molar-refractivity contribution in [3.8, 4) is 5.75 Å². The Hall–Kier alpha value is -2.48. The van der Waals surface area contributed by atoms with Crippen molar-refractivity contribution in [3.05, 3.63) is 52.3 Å². The molecule has 1 aromatic carbocycles. The average molecular weight is 479 g/mol. The first-order valence-electron chi connectivity index (χ1n) is 12.0. The molecule has 0 spiro atoms. The Kier molecular flexibility index (Phi) is 7.26. The van der Waals surface area contributed by atoms with E-state index in [-0.39, 0.29) is 24.1 Å². The Morgan fingerprint density at radius 3 is 2.41 bits per heavy atom. The molecule has 1 aromatic rings. The average Bonchev–Trinajstić information content (AvgIpc) is 2.99. The monoisotopic (exact) mass is 478 g/mol. The van der Waals surface area contributed by atoms with Crippen LogP contribution in [0.15, 0.2) is 35.6 Å². The first-order chi connectivity index (χ1) is 16.1. The van der Waals surface area contributed by atoms with Gasteiger partial charge < -0.3 is 14.8 Å². The van der Waals surface area contributed by atoms with E-state index < -0.39 is 6.36 Å². The summed E-state index contributed by atoms with van der Waals surface area (Å²) in [6.45, 7) is 5.09. The van der Waals surface area contributed by atoms with Gasteiger partial charge in [0.25, 0.3) is 0 Å². The Morgan fingerprint density at radius 1 is 1.09 bits per heavy atom. The normalized spacial score (nSPS) is 24.9. The highest BCUT2D eigenvalue weighted by Crippen LogP contribution is 2.38. The number of allylic oxidation sites excluding steroid dienone is 3. The summed E-state index contributed by atoms with van der Waals surface area (Å²) in [5.74, 6) is 0.413. The molecule has 0 saturated carbocycles. The number of benzene rings is 1. The molecule has 2 aliphatic heterocycles. The summed E-state index contributed by atoms with van der Waals surface area (Å²) in [5, 5.41) is 3.08. The van der Waals surface area contributed by atoms with Gasteiger partial charge in [0.2, 0.25) is 5.91 Å². The zero-order valence-corrected chi connectivity index (χ0v) is 20.0. The molecule has 2 bridgehead atoms. The van der Waals surface area contributed by atoms with Crippen molar-refractivity contribution in [2.45, 2.75) is 89.8 Å². The number of hydrogen-bond donors (Lipinski definition) is 1. The van der Waals surface area contributed by atoms with Crippen molar-refractivity contribution in [2.24, 2.45) is 0 Å². The van der Waals surface area contributed by atoms with Gasteiger partial charge in [-0.1, -0.05) is 12.1 Å². The van der Waals surface area contributed by atoms with E-state index in [9.17, 15) is 18.0 Å². The molecule has 1 aliphatic carbocycles. The van der Waals surface area contributed by atoms with Gasteiger partial charge in [-0.25, -0.2) is 0 Å². The summed E-state index contributed by atoms with van der Waals surface area (Å²) in [7, 11) is 1.69. The van der Waals surface area contributed by atoms with E-state index >= 15 is 0 Å². The highest BCUT2D eigenvalue weighted by atomic mass is 19.4. The van der Waals surface area contributed by atoms with Crippen molar-refractivity contribution in [1.29, 1.82) is 0 Å². The van der Waals surface area contributed by atoms with Crippen LogP contribution in [0.3, 0.4) is 0 Å². The summed E-state index contributed by atoms with van der Waals surface area (Å²) in [4.78, 5) is 15.3. The number of carbonyl (C=O) groups excluding carboxylic acids is 1. The SMILES string of the molecule is COc1ccc(CN2C3CCC2CC(NC(=O)CC2=CCCC=C2OC(F)(F)F)C3)c(C)c1C. The number of piperidine rings is 1. The van der Waals surface area contributed by atoms with E-state index in [1.54, 1.807) is 13.2 Å². The third-order valence-corrected chi connectivity index (χ3v) is 7.45. The van der Waals surface area contributed by atoms with Crippen LogP contribution in [0.2, 0.25) is 0 Å². The maximum atomic E-state index is 12.7. The quantitative estimate of drug-likeness (QED) is 0.566. The predicted molar refractivity (Wildman–Crippen MR) is 123 cm³/mol. The number of amides is 1. The van der Waals surface area contributed by atoms with Crippen LogP contribution in [0.5, 0.6) is 5.75 Å². The molecular weight excluding hydrogens is 445 g/mol. The Bertz CT molecular complexity index is 972. The molecule has 2 unspecified atom stereocenters. The van der Waals surface area contributed by atoms with Crippen LogP contribution >= 0.6 is 0 Å². The van der Waals surface area contributed by atoms with Gasteiger partial charge in [-0.2, -0.15) is 0 Å². The lowest BCUT2D eigenvalue weighted by Crippen LogP contribution is -2.50. The highest BCUT2D eigenvalue weighted by molar-refractivity contribution is 5.80. The van der Waals surface area contributed by atoms with Crippen molar-refractivity contribution >= 4 is 5.91 Å². The molecule has 5 nitrogen and oxygen atoms in total. The van der Waals surface area contributed by atoms with Crippen LogP contribution in [-0.2, 0) is 16.1 Å². The fourth-order valence-corrected chi connectivity index (χ4v) is 5.64. The van der Waals surface area contributed by atoms with Gasteiger partial charge in [-0.3, -0.25) is 9.69 Å². The van der Waals surface area contributed by atoms with E-state index in [0.717, 1.165) is 43.5 Å². The maximum absolute atomic E-state index is 12.7. The number of ether oxygens (including phenoxy) is 2. The van der Waals surface area contributed by atoms with E-state index in [1.807, 2.05) is 6.07 Å². The second-order valence-electron chi connectivity index (χ2n) is 9.57. The molecule has 2 fully saturated rings. The third-order valence-electron chi connectivity index (χ3n) is 7.45. The molecule has 1 amide bonds. The standard InChI is InChI=1S/C26H33F3N2O3/c1-16-17(2)23(33-3)11-8-19(16)15-31-21-9-10-22(31)14-20(13-21)30-25(32)12-18-6-4-5-7-24(18)34-26(27,28)29/h6-8,11,20-22H,4-5,9-10,12-15H2,1-3H3,(H,30,32). The molecule has 1 N–H and O–H groups in total. The second kappa shape index (κ2) is 10.0. The zero-order valence-electron chi connectivity index (χ0n) is 20.0. The van der Waals surface area contributed by atoms with Gasteiger partial charge in [0.05, 0.1) is 13.5 Å². The number of nitrogens with one attached hydrogen (secondary N) is 1. The summed E-state index contributed by atoms with van der Waals surface area (Å²) in [6, 6.07) is 4.99. The number of nitrogens with zero attached hydrogens (tertiary/aromatic N) is 1. The number of rotatable bonds is 7. The van der Waals surface area contributed by atoms with Crippen LogP contribution in [0.1, 0.15) is 61.6 Å². The van der Waals surface area contributed by atoms with E-state index in [0.29, 0.717) is 30.5 Å². The minimum Gasteiger partial charge on any atom is -0.496 e. The first-order valence-corrected chi connectivity index (χ1v) is 12.0. The molecule has 2 saturated heterocycles. The van der Waals surface area contributed by atoms with Crippen LogP contribution in [0.4, 0.5) is 13.2 Å². The lowest BCUT2D eigenvalue weighted by molar-refractivity contribution is -0.304. The lowest BCUT2D eigenvalue weighted by atomic mass is 9.94. The van der Waals surface area contributed by atoms with Gasteiger partial charge >= 0.3 is 6.36 Å². The number of fused-ring (bicyclic) bond motifs is 2.